The van der Waals surface area contributed by atoms with E-state index in [1.807, 2.05) is 19.1 Å². The number of benzene rings is 1. The van der Waals surface area contributed by atoms with Crippen molar-refractivity contribution in [3.05, 3.63) is 46.0 Å². The summed E-state index contributed by atoms with van der Waals surface area (Å²) < 4.78 is 0. The average molecular weight is 283 g/mol. The van der Waals surface area contributed by atoms with Gasteiger partial charge in [0.25, 0.3) is 5.56 Å². The van der Waals surface area contributed by atoms with Gasteiger partial charge < -0.3 is 5.73 Å². The first kappa shape index (κ1) is 14.8. The van der Waals surface area contributed by atoms with Crippen LogP contribution in [0.2, 0.25) is 0 Å². The van der Waals surface area contributed by atoms with Crippen molar-refractivity contribution in [1.29, 1.82) is 0 Å². The molecule has 0 saturated heterocycles. The number of aromatic amines is 1. The molecule has 0 saturated carbocycles. The molecule has 1 aromatic carbocycles. The van der Waals surface area contributed by atoms with Gasteiger partial charge in [-0.3, -0.25) is 4.79 Å². The molecule has 0 unspecified atom stereocenters. The zero-order valence-corrected chi connectivity index (χ0v) is 12.1. The molecule has 0 aliphatic heterocycles. The number of nitrogens with zero attached hydrogens (tertiary/aromatic N) is 3. The number of amidine groups is 1. The van der Waals surface area contributed by atoms with Crippen molar-refractivity contribution in [1.82, 2.24) is 10.2 Å². The van der Waals surface area contributed by atoms with Crippen molar-refractivity contribution < 1.29 is 0 Å². The number of hydrogen-bond donors (Lipinski definition) is 2. The first-order valence-corrected chi connectivity index (χ1v) is 6.46. The van der Waals surface area contributed by atoms with E-state index in [1.54, 1.807) is 19.2 Å². The van der Waals surface area contributed by atoms with Crippen molar-refractivity contribution in [2.45, 2.75) is 20.4 Å². The summed E-state index contributed by atoms with van der Waals surface area (Å²) in [5.74, 6) is 0.593. The summed E-state index contributed by atoms with van der Waals surface area (Å²) in [7, 11) is 0. The predicted octanol–water partition coefficient (Wildman–Crippen LogP) is 1.86. The Kier molecular flexibility index (Phi) is 4.39. The summed E-state index contributed by atoms with van der Waals surface area (Å²) in [6, 6.07) is 5.54. The van der Waals surface area contributed by atoms with E-state index in [1.165, 1.54) is 0 Å². The van der Waals surface area contributed by atoms with E-state index in [-0.39, 0.29) is 12.1 Å². The molecule has 3 N–H and O–H groups in total. The second kappa shape index (κ2) is 6.23. The number of H-pyrrole nitrogens is 1. The van der Waals surface area contributed by atoms with Crippen molar-refractivity contribution in [2.24, 2.45) is 15.7 Å². The summed E-state index contributed by atoms with van der Waals surface area (Å²) in [6.07, 6.45) is 1.72. The Morgan fingerprint density at radius 2 is 2.19 bits per heavy atom. The Morgan fingerprint density at radius 3 is 2.86 bits per heavy atom. The lowest BCUT2D eigenvalue weighted by Crippen LogP contribution is -2.13. The Labute approximate surface area is 122 Å². The molecule has 0 aliphatic carbocycles. The number of aromatic nitrogens is 2. The fraction of sp³-hybridized carbons (Fsp3) is 0.200. The molecule has 6 heteroatoms. The highest BCUT2D eigenvalue weighted by Gasteiger charge is 2.07. The molecule has 0 spiro atoms. The van der Waals surface area contributed by atoms with Crippen LogP contribution in [0.1, 0.15) is 25.1 Å². The third-order valence-corrected chi connectivity index (χ3v) is 3.19. The number of nitrogens with one attached hydrogen (secondary N) is 1. The van der Waals surface area contributed by atoms with Gasteiger partial charge in [-0.05, 0) is 43.8 Å². The molecule has 0 bridgehead atoms. The molecule has 0 fully saturated rings. The van der Waals surface area contributed by atoms with Gasteiger partial charge in [0.05, 0.1) is 11.1 Å². The molecule has 21 heavy (non-hydrogen) atoms. The number of fused-ring (bicyclic) bond motifs is 1. The van der Waals surface area contributed by atoms with Gasteiger partial charge >= 0.3 is 0 Å². The van der Waals surface area contributed by atoms with Gasteiger partial charge in [-0.1, -0.05) is 6.07 Å². The minimum Gasteiger partial charge on any atom is -0.325 e. The average Bonchev–Trinajstić information content (AvgIpc) is 2.52. The monoisotopic (exact) mass is 283 g/mol. The van der Waals surface area contributed by atoms with E-state index in [9.17, 15) is 4.79 Å². The summed E-state index contributed by atoms with van der Waals surface area (Å²) in [5.41, 5.74) is 8.00. The van der Waals surface area contributed by atoms with Gasteiger partial charge in [0, 0.05) is 18.1 Å². The van der Waals surface area contributed by atoms with Gasteiger partial charge in [-0.15, -0.1) is 0 Å². The maximum atomic E-state index is 11.8. The molecule has 2 rings (SSSR count). The highest BCUT2D eigenvalue weighted by atomic mass is 16.1. The van der Waals surface area contributed by atoms with Gasteiger partial charge in [-0.2, -0.15) is 5.10 Å². The lowest BCUT2D eigenvalue weighted by molar-refractivity contribution is 0.900. The van der Waals surface area contributed by atoms with Gasteiger partial charge in [0.2, 0.25) is 0 Å². The van der Waals surface area contributed by atoms with E-state index in [0.29, 0.717) is 16.9 Å². The molecule has 2 aromatic rings. The number of allylic oxidation sites excluding steroid dienone is 1. The molecular weight excluding hydrogens is 266 g/mol. The number of nitrogens with two attached hydrogens (primary N) is 1. The normalized spacial score (nSPS) is 12.7. The standard InChI is InChI=1S/C15H17N5O/c1-9(8-18-10(2)17-3)11-4-5-12-13(6-11)14(7-16)19-20-15(12)21/h4-6,8H,3,7,16H2,1-2H3,(H,20,21)/b9-8+,18-10?. The second-order valence-corrected chi connectivity index (χ2v) is 4.61. The van der Waals surface area contributed by atoms with E-state index in [4.69, 9.17) is 5.73 Å². The summed E-state index contributed by atoms with van der Waals surface area (Å²) in [4.78, 5) is 19.7. The van der Waals surface area contributed by atoms with E-state index in [0.717, 1.165) is 16.5 Å². The molecule has 0 radical (unpaired) electrons. The third kappa shape index (κ3) is 3.11. The second-order valence-electron chi connectivity index (χ2n) is 4.61. The quantitative estimate of drug-likeness (QED) is 0.664. The molecule has 6 nitrogen and oxygen atoms in total. The maximum Gasteiger partial charge on any atom is 0.272 e. The van der Waals surface area contributed by atoms with Crippen LogP contribution in [0, 0.1) is 0 Å². The Balaban J connectivity index is 2.57. The van der Waals surface area contributed by atoms with Crippen molar-refractivity contribution in [3.8, 4) is 0 Å². The summed E-state index contributed by atoms with van der Waals surface area (Å²) in [6.45, 7) is 7.38. The lowest BCUT2D eigenvalue weighted by Gasteiger charge is -2.06. The molecule has 1 heterocycles. The van der Waals surface area contributed by atoms with Crippen LogP contribution in [0.5, 0.6) is 0 Å². The van der Waals surface area contributed by atoms with Crippen molar-refractivity contribution >= 4 is 28.9 Å². The van der Waals surface area contributed by atoms with Crippen LogP contribution in [0.4, 0.5) is 0 Å². The van der Waals surface area contributed by atoms with Crippen LogP contribution in [0.25, 0.3) is 16.3 Å². The van der Waals surface area contributed by atoms with E-state index < -0.39 is 0 Å². The fourth-order valence-corrected chi connectivity index (χ4v) is 1.93. The highest BCUT2D eigenvalue weighted by molar-refractivity contribution is 5.88. The van der Waals surface area contributed by atoms with Crippen LogP contribution in [-0.2, 0) is 6.54 Å². The largest absolute Gasteiger partial charge is 0.325 e. The Morgan fingerprint density at radius 1 is 1.43 bits per heavy atom. The highest BCUT2D eigenvalue weighted by Crippen LogP contribution is 2.20. The smallest absolute Gasteiger partial charge is 0.272 e. The molecule has 0 atom stereocenters. The Bertz CT molecular complexity index is 801. The van der Waals surface area contributed by atoms with Gasteiger partial charge in [0.15, 0.2) is 0 Å². The maximum absolute atomic E-state index is 11.8. The third-order valence-electron chi connectivity index (χ3n) is 3.19. The van der Waals surface area contributed by atoms with Crippen LogP contribution in [-0.4, -0.2) is 22.8 Å². The van der Waals surface area contributed by atoms with Crippen LogP contribution in [0.15, 0.2) is 39.2 Å². The van der Waals surface area contributed by atoms with E-state index in [2.05, 4.69) is 26.9 Å². The molecule has 0 amide bonds. The molecule has 108 valence electrons. The van der Waals surface area contributed by atoms with Crippen LogP contribution >= 0.6 is 0 Å². The molecule has 1 aromatic heterocycles. The minimum atomic E-state index is -0.222. The fourth-order valence-electron chi connectivity index (χ4n) is 1.93. The van der Waals surface area contributed by atoms with Gasteiger partial charge in [0.1, 0.15) is 5.84 Å². The van der Waals surface area contributed by atoms with Crippen molar-refractivity contribution in [2.75, 3.05) is 0 Å². The van der Waals surface area contributed by atoms with E-state index >= 15 is 0 Å². The first-order chi connectivity index (χ1) is 10.1. The topological polar surface area (TPSA) is 96.5 Å². The predicted molar refractivity (Wildman–Crippen MR) is 86.6 cm³/mol. The number of aliphatic imine (C=N–C) groups is 2. The SMILES string of the molecule is C=NC(C)=N/C=C(\C)c1ccc2c(=O)[nH]nc(CN)c2c1. The summed E-state index contributed by atoms with van der Waals surface area (Å²) >= 11 is 0. The molecular formula is C15H17N5O. The van der Waals surface area contributed by atoms with Crippen LogP contribution in [0.3, 0.4) is 0 Å². The lowest BCUT2D eigenvalue weighted by atomic mass is 10.0. The van der Waals surface area contributed by atoms with Gasteiger partial charge in [-0.25, -0.2) is 15.1 Å². The molecule has 0 aliphatic rings. The Hall–Kier alpha value is -2.60. The zero-order valence-electron chi connectivity index (χ0n) is 12.1. The zero-order chi connectivity index (χ0) is 15.4. The number of rotatable bonds is 3. The van der Waals surface area contributed by atoms with Crippen molar-refractivity contribution in [3.63, 3.8) is 0 Å². The number of hydrogen-bond acceptors (Lipinski definition) is 4. The van der Waals surface area contributed by atoms with Crippen LogP contribution < -0.4 is 11.3 Å². The summed E-state index contributed by atoms with van der Waals surface area (Å²) in [5, 5.41) is 7.77. The first-order valence-electron chi connectivity index (χ1n) is 6.46. The minimum absolute atomic E-state index is 0.222.